The van der Waals surface area contributed by atoms with Gasteiger partial charge in [0.2, 0.25) is 0 Å². The van der Waals surface area contributed by atoms with E-state index >= 15 is 0 Å². The molecule has 2 rings (SSSR count). The Labute approximate surface area is 103 Å². The Morgan fingerprint density at radius 3 is 1.81 bits per heavy atom. The smallest absolute Gasteiger partial charge is 0.123 e. The molecule has 0 N–H and O–H groups in total. The highest BCUT2D eigenvalue weighted by Gasteiger charge is 2.07. The van der Waals surface area contributed by atoms with Gasteiger partial charge in [0.15, 0.2) is 0 Å². The summed E-state index contributed by atoms with van der Waals surface area (Å²) in [5, 5.41) is 0. The Morgan fingerprint density at radius 2 is 1.31 bits per heavy atom. The van der Waals surface area contributed by atoms with E-state index in [1.165, 1.54) is 17.7 Å². The molecule has 0 saturated heterocycles. The van der Waals surface area contributed by atoms with E-state index in [1.54, 1.807) is 0 Å². The zero-order valence-electron chi connectivity index (χ0n) is 8.95. The maximum Gasteiger partial charge on any atom is 0.123 e. The molecular weight excluding hydrogens is 267 g/mol. The van der Waals surface area contributed by atoms with Crippen LogP contribution in [0.15, 0.2) is 53.0 Å². The van der Waals surface area contributed by atoms with Gasteiger partial charge in [0.1, 0.15) is 5.82 Å². The molecule has 1 unspecified atom stereocenters. The molecule has 2 heteroatoms. The predicted octanol–water partition coefficient (Wildman–Crippen LogP) is 4.74. The standard InChI is InChI=1S/C14H12BrF/c1-10(11-2-6-13(15)7-3-11)12-4-8-14(16)9-5-12/h2-10H,1H3. The third-order valence-corrected chi connectivity index (χ3v) is 3.27. The van der Waals surface area contributed by atoms with Gasteiger partial charge in [-0.2, -0.15) is 0 Å². The first-order valence-corrected chi connectivity index (χ1v) is 5.97. The van der Waals surface area contributed by atoms with Crippen LogP contribution in [-0.2, 0) is 0 Å². The highest BCUT2D eigenvalue weighted by molar-refractivity contribution is 9.10. The highest BCUT2D eigenvalue weighted by Crippen LogP contribution is 2.25. The molecule has 0 aliphatic carbocycles. The molecule has 0 spiro atoms. The summed E-state index contributed by atoms with van der Waals surface area (Å²) in [5.41, 5.74) is 2.36. The van der Waals surface area contributed by atoms with Gasteiger partial charge in [0.05, 0.1) is 0 Å². The predicted molar refractivity (Wildman–Crippen MR) is 68.1 cm³/mol. The average molecular weight is 279 g/mol. The summed E-state index contributed by atoms with van der Waals surface area (Å²) < 4.78 is 13.9. The van der Waals surface area contributed by atoms with Crippen LogP contribution in [0.3, 0.4) is 0 Å². The van der Waals surface area contributed by atoms with Crippen molar-refractivity contribution in [2.45, 2.75) is 12.8 Å². The van der Waals surface area contributed by atoms with Crippen LogP contribution >= 0.6 is 15.9 Å². The minimum atomic E-state index is -0.188. The van der Waals surface area contributed by atoms with Crippen molar-refractivity contribution in [3.8, 4) is 0 Å². The first-order chi connectivity index (χ1) is 7.66. The molecule has 82 valence electrons. The van der Waals surface area contributed by atoms with Gasteiger partial charge >= 0.3 is 0 Å². The van der Waals surface area contributed by atoms with E-state index in [9.17, 15) is 4.39 Å². The average Bonchev–Trinajstić information content (AvgIpc) is 2.30. The Balaban J connectivity index is 2.28. The van der Waals surface area contributed by atoms with Crippen LogP contribution < -0.4 is 0 Å². The highest BCUT2D eigenvalue weighted by atomic mass is 79.9. The molecule has 2 aromatic rings. The normalized spacial score (nSPS) is 12.4. The van der Waals surface area contributed by atoms with Gasteiger partial charge in [-0.25, -0.2) is 4.39 Å². The largest absolute Gasteiger partial charge is 0.207 e. The van der Waals surface area contributed by atoms with Gasteiger partial charge in [0, 0.05) is 10.4 Å². The monoisotopic (exact) mass is 278 g/mol. The molecule has 0 heterocycles. The number of hydrogen-bond acceptors (Lipinski definition) is 0. The Kier molecular flexibility index (Phi) is 3.39. The summed E-state index contributed by atoms with van der Waals surface area (Å²) in [6, 6.07) is 14.9. The molecule has 2 aromatic carbocycles. The van der Waals surface area contributed by atoms with E-state index in [1.807, 2.05) is 24.3 Å². The molecule has 0 saturated carbocycles. The topological polar surface area (TPSA) is 0 Å². The zero-order valence-corrected chi connectivity index (χ0v) is 10.5. The van der Waals surface area contributed by atoms with Crippen molar-refractivity contribution in [1.29, 1.82) is 0 Å². The van der Waals surface area contributed by atoms with Crippen molar-refractivity contribution < 1.29 is 4.39 Å². The van der Waals surface area contributed by atoms with Crippen molar-refractivity contribution >= 4 is 15.9 Å². The summed E-state index contributed by atoms with van der Waals surface area (Å²) in [7, 11) is 0. The van der Waals surface area contributed by atoms with Gasteiger partial charge in [-0.1, -0.05) is 47.1 Å². The van der Waals surface area contributed by atoms with Crippen molar-refractivity contribution in [1.82, 2.24) is 0 Å². The molecular formula is C14H12BrF. The van der Waals surface area contributed by atoms with Gasteiger partial charge in [-0.15, -0.1) is 0 Å². The summed E-state index contributed by atoms with van der Waals surface area (Å²) in [6.07, 6.45) is 0. The first-order valence-electron chi connectivity index (χ1n) is 5.18. The SMILES string of the molecule is CC(c1ccc(F)cc1)c1ccc(Br)cc1. The minimum absolute atomic E-state index is 0.188. The van der Waals surface area contributed by atoms with Crippen LogP contribution in [0.25, 0.3) is 0 Å². The summed E-state index contributed by atoms with van der Waals surface area (Å²) in [4.78, 5) is 0. The second-order valence-electron chi connectivity index (χ2n) is 3.82. The maximum atomic E-state index is 12.8. The lowest BCUT2D eigenvalue weighted by Crippen LogP contribution is -1.95. The van der Waals surface area contributed by atoms with Crippen molar-refractivity contribution in [3.63, 3.8) is 0 Å². The lowest BCUT2D eigenvalue weighted by molar-refractivity contribution is 0.626. The molecule has 16 heavy (non-hydrogen) atoms. The quantitative estimate of drug-likeness (QED) is 0.744. The molecule has 0 amide bonds. The lowest BCUT2D eigenvalue weighted by Gasteiger charge is -2.12. The Bertz CT molecular complexity index is 414. The van der Waals surface area contributed by atoms with E-state index in [4.69, 9.17) is 0 Å². The van der Waals surface area contributed by atoms with E-state index in [-0.39, 0.29) is 11.7 Å². The first kappa shape index (κ1) is 11.3. The maximum absolute atomic E-state index is 12.8. The fraction of sp³-hybridized carbons (Fsp3) is 0.143. The van der Waals surface area contributed by atoms with Crippen LogP contribution in [-0.4, -0.2) is 0 Å². The van der Waals surface area contributed by atoms with Crippen molar-refractivity contribution in [3.05, 3.63) is 69.9 Å². The van der Waals surface area contributed by atoms with Crippen LogP contribution in [0, 0.1) is 5.82 Å². The third kappa shape index (κ3) is 2.50. The molecule has 0 nitrogen and oxygen atoms in total. The fourth-order valence-electron chi connectivity index (χ4n) is 1.70. The van der Waals surface area contributed by atoms with Crippen LogP contribution in [0.1, 0.15) is 24.0 Å². The van der Waals surface area contributed by atoms with E-state index in [0.29, 0.717) is 0 Å². The summed E-state index contributed by atoms with van der Waals surface area (Å²) in [5.74, 6) is 0.0976. The molecule has 0 aliphatic heterocycles. The van der Waals surface area contributed by atoms with Crippen LogP contribution in [0.2, 0.25) is 0 Å². The number of hydrogen-bond donors (Lipinski definition) is 0. The second-order valence-corrected chi connectivity index (χ2v) is 4.74. The van der Waals surface area contributed by atoms with Gasteiger partial charge in [0.25, 0.3) is 0 Å². The summed E-state index contributed by atoms with van der Waals surface area (Å²) >= 11 is 3.41. The van der Waals surface area contributed by atoms with E-state index in [2.05, 4.69) is 35.0 Å². The number of rotatable bonds is 2. The van der Waals surface area contributed by atoms with E-state index in [0.717, 1.165) is 10.0 Å². The molecule has 0 bridgehead atoms. The zero-order chi connectivity index (χ0) is 11.5. The molecule has 0 aromatic heterocycles. The third-order valence-electron chi connectivity index (χ3n) is 2.74. The summed E-state index contributed by atoms with van der Waals surface area (Å²) in [6.45, 7) is 2.12. The molecule has 1 atom stereocenters. The Hall–Kier alpha value is -1.15. The van der Waals surface area contributed by atoms with Crippen molar-refractivity contribution in [2.75, 3.05) is 0 Å². The number of benzene rings is 2. The molecule has 0 radical (unpaired) electrons. The fourth-order valence-corrected chi connectivity index (χ4v) is 1.96. The molecule has 0 aliphatic rings. The van der Waals surface area contributed by atoms with Crippen LogP contribution in [0.4, 0.5) is 4.39 Å². The minimum Gasteiger partial charge on any atom is -0.207 e. The van der Waals surface area contributed by atoms with Gasteiger partial charge in [-0.3, -0.25) is 0 Å². The number of halogens is 2. The van der Waals surface area contributed by atoms with Gasteiger partial charge < -0.3 is 0 Å². The van der Waals surface area contributed by atoms with Crippen molar-refractivity contribution in [2.24, 2.45) is 0 Å². The molecule has 0 fully saturated rings. The lowest BCUT2D eigenvalue weighted by atomic mass is 9.93. The van der Waals surface area contributed by atoms with E-state index < -0.39 is 0 Å². The Morgan fingerprint density at radius 1 is 0.875 bits per heavy atom. The van der Waals surface area contributed by atoms with Gasteiger partial charge in [-0.05, 0) is 35.4 Å². The second kappa shape index (κ2) is 4.79. The van der Waals surface area contributed by atoms with Crippen LogP contribution in [0.5, 0.6) is 0 Å².